The number of rotatable bonds is 3. The van der Waals surface area contributed by atoms with Crippen LogP contribution in [-0.4, -0.2) is 22.5 Å². The molecule has 0 radical (unpaired) electrons. The molecule has 1 heterocycles. The van der Waals surface area contributed by atoms with Crippen molar-refractivity contribution >= 4 is 5.97 Å². The highest BCUT2D eigenvalue weighted by Gasteiger charge is 2.17. The molecule has 0 aliphatic carbocycles. The van der Waals surface area contributed by atoms with Crippen molar-refractivity contribution in [3.05, 3.63) is 70.5 Å². The average Bonchev–Trinajstić information content (AvgIpc) is 2.47. The van der Waals surface area contributed by atoms with Gasteiger partial charge in [-0.15, -0.1) is 0 Å². The summed E-state index contributed by atoms with van der Waals surface area (Å²) >= 11 is 0. The number of halogens is 1. The van der Waals surface area contributed by atoms with Crippen LogP contribution in [0.3, 0.4) is 0 Å². The van der Waals surface area contributed by atoms with Crippen LogP contribution >= 0.6 is 0 Å². The summed E-state index contributed by atoms with van der Waals surface area (Å²) in [5, 5.41) is 8.84. The number of aromatic carboxylic acids is 1. The van der Waals surface area contributed by atoms with Crippen molar-refractivity contribution in [2.75, 3.05) is 6.54 Å². The molecule has 2 aromatic rings. The first kappa shape index (κ1) is 13.8. The van der Waals surface area contributed by atoms with Gasteiger partial charge < -0.3 is 5.11 Å². The summed E-state index contributed by atoms with van der Waals surface area (Å²) in [5.74, 6) is -1.90. The molecular formula is C17H16FNO2. The zero-order chi connectivity index (χ0) is 14.8. The summed E-state index contributed by atoms with van der Waals surface area (Å²) in [6.07, 6.45) is 0.992. The minimum absolute atomic E-state index is 0.275. The molecule has 0 aromatic heterocycles. The molecule has 0 unspecified atom stereocenters. The number of hydrogen-bond donors (Lipinski definition) is 1. The molecule has 21 heavy (non-hydrogen) atoms. The lowest BCUT2D eigenvalue weighted by atomic mass is 9.99. The first-order valence-electron chi connectivity index (χ1n) is 6.94. The third-order valence-corrected chi connectivity index (χ3v) is 3.88. The van der Waals surface area contributed by atoms with E-state index in [4.69, 9.17) is 5.11 Å². The summed E-state index contributed by atoms with van der Waals surface area (Å²) < 4.78 is 13.7. The van der Waals surface area contributed by atoms with E-state index in [1.807, 2.05) is 6.07 Å². The first-order chi connectivity index (χ1) is 10.1. The lowest BCUT2D eigenvalue weighted by Gasteiger charge is -2.28. The molecule has 1 aliphatic rings. The van der Waals surface area contributed by atoms with E-state index in [1.54, 1.807) is 6.07 Å². The van der Waals surface area contributed by atoms with Crippen molar-refractivity contribution in [3.63, 3.8) is 0 Å². The van der Waals surface area contributed by atoms with Gasteiger partial charge in [-0.05, 0) is 35.2 Å². The van der Waals surface area contributed by atoms with E-state index in [2.05, 4.69) is 23.1 Å². The second-order valence-electron chi connectivity index (χ2n) is 5.35. The van der Waals surface area contributed by atoms with Crippen molar-refractivity contribution in [2.24, 2.45) is 0 Å². The Hall–Kier alpha value is -2.20. The molecule has 1 aliphatic heterocycles. The van der Waals surface area contributed by atoms with Gasteiger partial charge in [0.1, 0.15) is 5.82 Å². The second kappa shape index (κ2) is 5.66. The number of carboxylic acids is 1. The third kappa shape index (κ3) is 2.95. The SMILES string of the molecule is O=C(O)c1ccc(CN2CCc3ccccc3C2)cc1F. The van der Waals surface area contributed by atoms with Gasteiger partial charge in [0.2, 0.25) is 0 Å². The molecule has 4 heteroatoms. The zero-order valence-electron chi connectivity index (χ0n) is 11.6. The Kier molecular flexibility index (Phi) is 3.71. The van der Waals surface area contributed by atoms with Gasteiger partial charge in [-0.25, -0.2) is 9.18 Å². The van der Waals surface area contributed by atoms with Crippen LogP contribution in [0.4, 0.5) is 4.39 Å². The van der Waals surface area contributed by atoms with Gasteiger partial charge in [-0.2, -0.15) is 0 Å². The van der Waals surface area contributed by atoms with Gasteiger partial charge in [-0.3, -0.25) is 4.90 Å². The molecule has 0 saturated heterocycles. The molecule has 1 N–H and O–H groups in total. The molecule has 0 atom stereocenters. The smallest absolute Gasteiger partial charge is 0.338 e. The van der Waals surface area contributed by atoms with E-state index < -0.39 is 11.8 Å². The fraction of sp³-hybridized carbons (Fsp3) is 0.235. The maximum absolute atomic E-state index is 13.7. The van der Waals surface area contributed by atoms with Crippen molar-refractivity contribution in [3.8, 4) is 0 Å². The molecule has 3 rings (SSSR count). The molecule has 0 spiro atoms. The van der Waals surface area contributed by atoms with Crippen molar-refractivity contribution in [2.45, 2.75) is 19.5 Å². The molecule has 3 nitrogen and oxygen atoms in total. The maximum atomic E-state index is 13.7. The predicted molar refractivity (Wildman–Crippen MR) is 77.6 cm³/mol. The minimum Gasteiger partial charge on any atom is -0.478 e. The van der Waals surface area contributed by atoms with E-state index in [9.17, 15) is 9.18 Å². The highest BCUT2D eigenvalue weighted by molar-refractivity contribution is 5.87. The predicted octanol–water partition coefficient (Wildman–Crippen LogP) is 3.08. The molecule has 0 amide bonds. The molecular weight excluding hydrogens is 269 g/mol. The molecule has 0 fully saturated rings. The van der Waals surface area contributed by atoms with E-state index in [1.165, 1.54) is 23.3 Å². The number of carboxylic acid groups (broad SMARTS) is 1. The highest BCUT2D eigenvalue weighted by Crippen LogP contribution is 2.21. The van der Waals surface area contributed by atoms with Crippen LogP contribution in [0.25, 0.3) is 0 Å². The molecule has 0 saturated carbocycles. The number of nitrogens with zero attached hydrogens (tertiary/aromatic N) is 1. The normalized spacial score (nSPS) is 14.7. The Labute approximate surface area is 122 Å². The monoisotopic (exact) mass is 285 g/mol. The van der Waals surface area contributed by atoms with Crippen LogP contribution in [0.2, 0.25) is 0 Å². The first-order valence-corrected chi connectivity index (χ1v) is 6.94. The highest BCUT2D eigenvalue weighted by atomic mass is 19.1. The van der Waals surface area contributed by atoms with Gasteiger partial charge in [0.05, 0.1) is 5.56 Å². The zero-order valence-corrected chi connectivity index (χ0v) is 11.6. The van der Waals surface area contributed by atoms with E-state index >= 15 is 0 Å². The Balaban J connectivity index is 1.73. The van der Waals surface area contributed by atoms with Crippen LogP contribution in [0.1, 0.15) is 27.0 Å². The fourth-order valence-electron chi connectivity index (χ4n) is 2.78. The summed E-state index contributed by atoms with van der Waals surface area (Å²) in [5.41, 5.74) is 3.21. The van der Waals surface area contributed by atoms with Gasteiger partial charge in [0.25, 0.3) is 0 Å². The molecule has 108 valence electrons. The number of benzene rings is 2. The van der Waals surface area contributed by atoms with E-state index in [0.29, 0.717) is 6.54 Å². The number of carbonyl (C=O) groups is 1. The fourth-order valence-corrected chi connectivity index (χ4v) is 2.78. The lowest BCUT2D eigenvalue weighted by molar-refractivity contribution is 0.0692. The summed E-state index contributed by atoms with van der Waals surface area (Å²) in [7, 11) is 0. The minimum atomic E-state index is -1.23. The number of fused-ring (bicyclic) bond motifs is 1. The van der Waals surface area contributed by atoms with Crippen LogP contribution in [-0.2, 0) is 19.5 Å². The van der Waals surface area contributed by atoms with Crippen molar-refractivity contribution < 1.29 is 14.3 Å². The summed E-state index contributed by atoms with van der Waals surface area (Å²) in [6.45, 7) is 2.41. The van der Waals surface area contributed by atoms with Crippen molar-refractivity contribution in [1.29, 1.82) is 0 Å². The number of hydrogen-bond acceptors (Lipinski definition) is 2. The van der Waals surface area contributed by atoms with Crippen LogP contribution in [0.15, 0.2) is 42.5 Å². The molecule has 0 bridgehead atoms. The molecule has 2 aromatic carbocycles. The van der Waals surface area contributed by atoms with Crippen LogP contribution in [0.5, 0.6) is 0 Å². The quantitative estimate of drug-likeness (QED) is 0.942. The second-order valence-corrected chi connectivity index (χ2v) is 5.35. The van der Waals surface area contributed by atoms with Gasteiger partial charge in [0.15, 0.2) is 0 Å². The summed E-state index contributed by atoms with van der Waals surface area (Å²) in [4.78, 5) is 13.1. The summed E-state index contributed by atoms with van der Waals surface area (Å²) in [6, 6.07) is 12.7. The van der Waals surface area contributed by atoms with Gasteiger partial charge in [0, 0.05) is 19.6 Å². The Morgan fingerprint density at radius 2 is 1.95 bits per heavy atom. The maximum Gasteiger partial charge on any atom is 0.338 e. The Morgan fingerprint density at radius 1 is 1.19 bits per heavy atom. The Bertz CT molecular complexity index is 684. The van der Waals surface area contributed by atoms with E-state index in [-0.39, 0.29) is 5.56 Å². The topological polar surface area (TPSA) is 40.5 Å². The lowest BCUT2D eigenvalue weighted by Crippen LogP contribution is -2.30. The largest absolute Gasteiger partial charge is 0.478 e. The third-order valence-electron chi connectivity index (χ3n) is 3.88. The Morgan fingerprint density at radius 3 is 2.67 bits per heavy atom. The van der Waals surface area contributed by atoms with Crippen molar-refractivity contribution in [1.82, 2.24) is 4.90 Å². The van der Waals surface area contributed by atoms with Gasteiger partial charge >= 0.3 is 5.97 Å². The van der Waals surface area contributed by atoms with E-state index in [0.717, 1.165) is 25.1 Å². The van der Waals surface area contributed by atoms with Crippen LogP contribution in [0, 0.1) is 5.82 Å². The van der Waals surface area contributed by atoms with Gasteiger partial charge in [-0.1, -0.05) is 30.3 Å². The standard InChI is InChI=1S/C17H16FNO2/c18-16-9-12(5-6-15(16)17(20)21)10-19-8-7-13-3-1-2-4-14(13)11-19/h1-6,9H,7-8,10-11H2,(H,20,21). The van der Waals surface area contributed by atoms with Crippen LogP contribution < -0.4 is 0 Å². The average molecular weight is 285 g/mol.